The first-order valence-electron chi connectivity index (χ1n) is 13.7. The lowest BCUT2D eigenvalue weighted by Gasteiger charge is -2.10. The predicted octanol–water partition coefficient (Wildman–Crippen LogP) is 5.73. The van der Waals surface area contributed by atoms with Crippen molar-refractivity contribution >= 4 is 33.4 Å². The lowest BCUT2D eigenvalue weighted by Crippen LogP contribution is -2.10. The third kappa shape index (κ3) is 9.54. The first kappa shape index (κ1) is 33.2. The molecule has 0 saturated heterocycles. The van der Waals surface area contributed by atoms with Crippen LogP contribution in [0.4, 0.5) is 17.5 Å². The molecule has 41 heavy (non-hydrogen) atoms. The number of H-pyrrole nitrogens is 1. The van der Waals surface area contributed by atoms with Crippen LogP contribution >= 0.6 is 15.9 Å². The maximum atomic E-state index is 8.69. The number of rotatable bonds is 2. The monoisotopic (exact) mass is 624 g/mol. The number of halogens is 1. The third-order valence-corrected chi connectivity index (χ3v) is 8.19. The Kier molecular flexibility index (Phi) is 13.7. The van der Waals surface area contributed by atoms with Gasteiger partial charge in [-0.1, -0.05) is 61.9 Å². The number of anilines is 3. The van der Waals surface area contributed by atoms with Gasteiger partial charge in [-0.25, -0.2) is 4.68 Å². The van der Waals surface area contributed by atoms with Gasteiger partial charge in [0, 0.05) is 11.0 Å². The van der Waals surface area contributed by atoms with Crippen LogP contribution in [0.15, 0.2) is 18.6 Å². The zero-order valence-corrected chi connectivity index (χ0v) is 24.2. The van der Waals surface area contributed by atoms with Gasteiger partial charge in [0.05, 0.1) is 24.5 Å². The fourth-order valence-electron chi connectivity index (χ4n) is 5.01. The molecular weight excluding hydrogens is 584 g/mol. The van der Waals surface area contributed by atoms with Crippen molar-refractivity contribution in [1.29, 1.82) is 15.8 Å². The molecule has 3 aliphatic carbocycles. The van der Waals surface area contributed by atoms with E-state index in [1.807, 2.05) is 22.9 Å². The van der Waals surface area contributed by atoms with Crippen molar-refractivity contribution in [2.24, 2.45) is 0 Å². The Hall–Kier alpha value is -4.02. The van der Waals surface area contributed by atoms with Crippen molar-refractivity contribution in [3.63, 3.8) is 0 Å². The second-order valence-corrected chi connectivity index (χ2v) is 11.4. The van der Waals surface area contributed by atoms with Gasteiger partial charge in [0.1, 0.15) is 46.5 Å². The van der Waals surface area contributed by atoms with Crippen LogP contribution in [0.25, 0.3) is 0 Å². The van der Waals surface area contributed by atoms with Gasteiger partial charge in [0.2, 0.25) is 0 Å². The quantitative estimate of drug-likeness (QED) is 0.256. The van der Waals surface area contributed by atoms with Crippen molar-refractivity contribution in [3.05, 3.63) is 35.3 Å². The fourth-order valence-corrected chi connectivity index (χ4v) is 5.65. The minimum atomic E-state index is 0. The Balaban J connectivity index is 0.000000198. The number of nitrogens with zero attached hydrogens (tertiary/aromatic N) is 8. The van der Waals surface area contributed by atoms with Gasteiger partial charge in [0.15, 0.2) is 5.82 Å². The van der Waals surface area contributed by atoms with Crippen LogP contribution in [0.1, 0.15) is 113 Å². The second-order valence-electron chi connectivity index (χ2n) is 10.1. The highest BCUT2D eigenvalue weighted by atomic mass is 79.9. The summed E-state index contributed by atoms with van der Waals surface area (Å²) in [6.07, 6.45) is 20.0. The second kappa shape index (κ2) is 16.9. The Labute approximate surface area is 250 Å². The molecule has 12 nitrogen and oxygen atoms in total. The van der Waals surface area contributed by atoms with E-state index in [0.29, 0.717) is 46.2 Å². The number of hydrogen-bond donors (Lipinski definition) is 4. The van der Waals surface area contributed by atoms with Crippen molar-refractivity contribution in [2.75, 3.05) is 17.2 Å². The van der Waals surface area contributed by atoms with Crippen molar-refractivity contribution in [1.82, 2.24) is 29.8 Å². The molecule has 3 saturated carbocycles. The zero-order valence-electron chi connectivity index (χ0n) is 22.6. The lowest BCUT2D eigenvalue weighted by molar-refractivity contribution is 0.468. The van der Waals surface area contributed by atoms with E-state index < -0.39 is 0 Å². The van der Waals surface area contributed by atoms with Gasteiger partial charge in [-0.2, -0.15) is 31.1 Å². The van der Waals surface area contributed by atoms with Crippen molar-refractivity contribution < 1.29 is 0 Å². The third-order valence-electron chi connectivity index (χ3n) is 7.28. The molecule has 3 heterocycles. The number of alkyl halides is 1. The van der Waals surface area contributed by atoms with Gasteiger partial charge in [-0.05, 0) is 38.5 Å². The van der Waals surface area contributed by atoms with Crippen LogP contribution in [-0.4, -0.2) is 34.6 Å². The molecule has 3 fully saturated rings. The molecule has 6 rings (SSSR count). The summed E-state index contributed by atoms with van der Waals surface area (Å²) in [6, 6.07) is 6.80. The van der Waals surface area contributed by atoms with E-state index in [-0.39, 0.29) is 7.43 Å². The molecule has 0 aromatic carbocycles. The highest BCUT2D eigenvalue weighted by molar-refractivity contribution is 9.09. The van der Waals surface area contributed by atoms with E-state index in [0.717, 1.165) is 30.5 Å². The molecule has 3 aromatic rings. The minimum Gasteiger partial charge on any atom is -0.383 e. The Bertz CT molecular complexity index is 1310. The Morgan fingerprint density at radius 2 is 1.32 bits per heavy atom. The fraction of sp³-hybridized carbons (Fsp3) is 0.571. The molecule has 0 amide bonds. The summed E-state index contributed by atoms with van der Waals surface area (Å²) in [5.74, 6) is 1.20. The van der Waals surface area contributed by atoms with Gasteiger partial charge >= 0.3 is 0 Å². The Morgan fingerprint density at radius 3 is 1.71 bits per heavy atom. The van der Waals surface area contributed by atoms with Crippen LogP contribution < -0.4 is 17.2 Å². The normalized spacial score (nSPS) is 16.4. The predicted molar refractivity (Wildman–Crippen MR) is 163 cm³/mol. The largest absolute Gasteiger partial charge is 0.383 e. The van der Waals surface area contributed by atoms with Crippen LogP contribution in [0.5, 0.6) is 0 Å². The standard InChI is InChI=1S/2C9H12N4.C5H9Br.C4H4N4.CH4/c10-5-7-6-13(12-9(7)11)8-3-1-2-4-8;10-5-7-6-12-13(9(7)11)8-3-1-2-4-8;6-5-3-1-2-4-5;5-1-3-2-7-8-4(3)6;/h6,8H,1-4H2,(H2,11,12);6,8H,1-4,11H2;5H,1-4H2;2H,(H3,6,7,8);1H4. The van der Waals surface area contributed by atoms with E-state index in [2.05, 4.69) is 36.3 Å². The lowest BCUT2D eigenvalue weighted by atomic mass is 10.2. The minimum absolute atomic E-state index is 0. The summed E-state index contributed by atoms with van der Waals surface area (Å²) < 4.78 is 3.65. The maximum absolute atomic E-state index is 8.69. The topological polar surface area (TPSA) is 214 Å². The molecule has 0 atom stereocenters. The smallest absolute Gasteiger partial charge is 0.163 e. The van der Waals surface area contributed by atoms with E-state index in [1.54, 1.807) is 17.1 Å². The molecule has 7 N–H and O–H groups in total. The number of nitrogens with one attached hydrogen (secondary N) is 1. The number of nitriles is 3. The molecule has 0 bridgehead atoms. The molecule has 3 aromatic heterocycles. The SMILES string of the molecule is BrC1CCCC1.C.N#Cc1cn(C2CCCC2)nc1N.N#Cc1cn[nH]c1N.N#Cc1cnn(C2CCCC2)c1N. The summed E-state index contributed by atoms with van der Waals surface area (Å²) in [6.45, 7) is 0. The summed E-state index contributed by atoms with van der Waals surface area (Å²) in [5.41, 5.74) is 17.9. The first-order chi connectivity index (χ1) is 19.4. The van der Waals surface area contributed by atoms with Crippen LogP contribution in [-0.2, 0) is 0 Å². The number of nitrogen functional groups attached to an aromatic ring is 3. The summed E-state index contributed by atoms with van der Waals surface area (Å²) in [4.78, 5) is 0.859. The molecule has 0 radical (unpaired) electrons. The van der Waals surface area contributed by atoms with E-state index in [9.17, 15) is 0 Å². The summed E-state index contributed by atoms with van der Waals surface area (Å²) in [5, 5.41) is 39.8. The van der Waals surface area contributed by atoms with E-state index >= 15 is 0 Å². The average Bonchev–Trinajstić information content (AvgIpc) is 3.79. The molecule has 13 heteroatoms. The molecule has 0 spiro atoms. The van der Waals surface area contributed by atoms with Crippen LogP contribution in [0.3, 0.4) is 0 Å². The molecule has 220 valence electrons. The number of nitrogens with two attached hydrogens (primary N) is 3. The first-order valence-corrected chi connectivity index (χ1v) is 14.6. The highest BCUT2D eigenvalue weighted by Crippen LogP contribution is 2.31. The van der Waals surface area contributed by atoms with Crippen molar-refractivity contribution in [2.45, 2.75) is 101 Å². The van der Waals surface area contributed by atoms with Crippen LogP contribution in [0.2, 0.25) is 0 Å². The van der Waals surface area contributed by atoms with Gasteiger partial charge in [-0.15, -0.1) is 0 Å². The number of hydrogen-bond acceptors (Lipinski definition) is 9. The molecule has 0 unspecified atom stereocenters. The highest BCUT2D eigenvalue weighted by Gasteiger charge is 2.21. The number of aromatic amines is 1. The summed E-state index contributed by atoms with van der Waals surface area (Å²) >= 11 is 3.54. The average molecular weight is 626 g/mol. The number of aromatic nitrogens is 6. The Morgan fingerprint density at radius 1 is 0.780 bits per heavy atom. The van der Waals surface area contributed by atoms with Crippen molar-refractivity contribution in [3.8, 4) is 18.2 Å². The van der Waals surface area contributed by atoms with Gasteiger partial charge in [0.25, 0.3) is 0 Å². The summed E-state index contributed by atoms with van der Waals surface area (Å²) in [7, 11) is 0. The van der Waals surface area contributed by atoms with E-state index in [1.165, 1.54) is 57.6 Å². The van der Waals surface area contributed by atoms with Crippen LogP contribution in [0, 0.1) is 34.0 Å². The molecular formula is C28H41BrN12. The van der Waals surface area contributed by atoms with E-state index in [4.69, 9.17) is 33.0 Å². The molecule has 0 aliphatic heterocycles. The molecule has 3 aliphatic rings. The van der Waals surface area contributed by atoms with Gasteiger partial charge in [-0.3, -0.25) is 9.78 Å². The zero-order chi connectivity index (χ0) is 28.9. The maximum Gasteiger partial charge on any atom is 0.163 e. The van der Waals surface area contributed by atoms with Gasteiger partial charge < -0.3 is 17.2 Å².